The summed E-state index contributed by atoms with van der Waals surface area (Å²) >= 11 is 0. The van der Waals surface area contributed by atoms with Gasteiger partial charge in [0.15, 0.2) is 0 Å². The highest BCUT2D eigenvalue weighted by molar-refractivity contribution is 5.95. The van der Waals surface area contributed by atoms with Gasteiger partial charge < -0.3 is 10.5 Å². The molecule has 3 nitrogen and oxygen atoms in total. The van der Waals surface area contributed by atoms with E-state index in [9.17, 15) is 4.79 Å². The van der Waals surface area contributed by atoms with Crippen molar-refractivity contribution in [2.45, 2.75) is 44.9 Å². The summed E-state index contributed by atoms with van der Waals surface area (Å²) in [6.07, 6.45) is 9.54. The van der Waals surface area contributed by atoms with E-state index < -0.39 is 5.91 Å². The van der Waals surface area contributed by atoms with E-state index in [4.69, 9.17) is 10.5 Å². The molecule has 20 heavy (non-hydrogen) atoms. The number of amides is 1. The molecule has 0 heterocycles. The fraction of sp³-hybridized carbons (Fsp3) is 0.588. The van der Waals surface area contributed by atoms with Gasteiger partial charge in [0.2, 0.25) is 0 Å². The van der Waals surface area contributed by atoms with Gasteiger partial charge in [0.1, 0.15) is 5.75 Å². The summed E-state index contributed by atoms with van der Waals surface area (Å²) < 4.78 is 5.86. The van der Waals surface area contributed by atoms with E-state index in [2.05, 4.69) is 0 Å². The average molecular weight is 273 g/mol. The highest BCUT2D eigenvalue weighted by Crippen LogP contribution is 2.52. The van der Waals surface area contributed by atoms with Crippen LogP contribution in [0.3, 0.4) is 0 Å². The minimum atomic E-state index is -0.419. The number of hydrogen-bond donors (Lipinski definition) is 1. The van der Waals surface area contributed by atoms with Crippen molar-refractivity contribution in [1.82, 2.24) is 0 Å². The normalized spacial score (nSPS) is 21.4. The van der Waals surface area contributed by atoms with Crippen LogP contribution in [0.5, 0.6) is 5.75 Å². The largest absolute Gasteiger partial charge is 0.492 e. The molecule has 108 valence electrons. The van der Waals surface area contributed by atoms with E-state index in [1.165, 1.54) is 44.9 Å². The van der Waals surface area contributed by atoms with E-state index in [0.717, 1.165) is 0 Å². The molecule has 0 unspecified atom stereocenters. The minimum Gasteiger partial charge on any atom is -0.492 e. The molecule has 0 aliphatic heterocycles. The lowest BCUT2D eigenvalue weighted by Crippen LogP contribution is -2.35. The maximum Gasteiger partial charge on any atom is 0.252 e. The Morgan fingerprint density at radius 3 is 2.50 bits per heavy atom. The maximum absolute atomic E-state index is 11.3. The molecule has 0 bridgehead atoms. The maximum atomic E-state index is 11.3. The summed E-state index contributed by atoms with van der Waals surface area (Å²) in [5.41, 5.74) is 6.55. The number of para-hydroxylation sites is 1. The quantitative estimate of drug-likeness (QED) is 0.912. The van der Waals surface area contributed by atoms with Crippen LogP contribution in [0.25, 0.3) is 0 Å². The van der Waals surface area contributed by atoms with Gasteiger partial charge in [-0.3, -0.25) is 4.79 Å². The van der Waals surface area contributed by atoms with Crippen LogP contribution in [0.4, 0.5) is 0 Å². The van der Waals surface area contributed by atoms with Crippen molar-refractivity contribution in [3.63, 3.8) is 0 Å². The number of benzene rings is 1. The van der Waals surface area contributed by atoms with Crippen LogP contribution >= 0.6 is 0 Å². The molecule has 2 N–H and O–H groups in total. The van der Waals surface area contributed by atoms with Gasteiger partial charge in [-0.2, -0.15) is 0 Å². The topological polar surface area (TPSA) is 52.3 Å². The summed E-state index contributed by atoms with van der Waals surface area (Å²) in [7, 11) is 0. The lowest BCUT2D eigenvalue weighted by Gasteiger charge is -2.47. The molecule has 1 aromatic carbocycles. The van der Waals surface area contributed by atoms with Gasteiger partial charge in [-0.15, -0.1) is 0 Å². The zero-order chi connectivity index (χ0) is 14.0. The Hall–Kier alpha value is -1.51. The molecule has 1 amide bonds. The van der Waals surface area contributed by atoms with Crippen LogP contribution in [0.15, 0.2) is 24.3 Å². The highest BCUT2D eigenvalue weighted by Gasteiger charge is 2.39. The standard InChI is InChI=1S/C17H23NO2/c18-16(19)14-4-1-2-5-15(14)20-12-13-6-10-17(11-7-13)8-3-9-17/h1-2,4-5,13H,3,6-12H2,(H2,18,19). The lowest BCUT2D eigenvalue weighted by atomic mass is 9.59. The van der Waals surface area contributed by atoms with Crippen molar-refractivity contribution in [2.75, 3.05) is 6.61 Å². The van der Waals surface area contributed by atoms with Crippen molar-refractivity contribution < 1.29 is 9.53 Å². The van der Waals surface area contributed by atoms with Crippen molar-refractivity contribution in [3.05, 3.63) is 29.8 Å². The molecular formula is C17H23NO2. The molecule has 0 radical (unpaired) electrons. The van der Waals surface area contributed by atoms with Gasteiger partial charge in [0.05, 0.1) is 12.2 Å². The number of nitrogens with two attached hydrogens (primary N) is 1. The van der Waals surface area contributed by atoms with Crippen LogP contribution in [-0.4, -0.2) is 12.5 Å². The molecular weight excluding hydrogens is 250 g/mol. The molecule has 0 aromatic heterocycles. The van der Waals surface area contributed by atoms with Crippen LogP contribution < -0.4 is 10.5 Å². The molecule has 2 fully saturated rings. The second-order valence-corrected chi connectivity index (χ2v) is 6.47. The summed E-state index contributed by atoms with van der Waals surface area (Å²) in [6, 6.07) is 7.25. The van der Waals surface area contributed by atoms with E-state index in [1.54, 1.807) is 6.07 Å². The average Bonchev–Trinajstić information content (AvgIpc) is 2.44. The monoisotopic (exact) mass is 273 g/mol. The number of primary amides is 1. The van der Waals surface area contributed by atoms with Crippen molar-refractivity contribution in [3.8, 4) is 5.75 Å². The SMILES string of the molecule is NC(=O)c1ccccc1OCC1CCC2(CCC2)CC1. The van der Waals surface area contributed by atoms with Gasteiger partial charge in [-0.25, -0.2) is 0 Å². The summed E-state index contributed by atoms with van der Waals surface area (Å²) in [6.45, 7) is 0.709. The van der Waals surface area contributed by atoms with Gasteiger partial charge >= 0.3 is 0 Å². The molecule has 0 saturated heterocycles. The Balaban J connectivity index is 1.54. The molecule has 0 atom stereocenters. The third kappa shape index (κ3) is 2.67. The number of hydrogen-bond acceptors (Lipinski definition) is 2. The Kier molecular flexibility index (Phi) is 3.68. The lowest BCUT2D eigenvalue weighted by molar-refractivity contribution is 0.0431. The molecule has 2 aliphatic rings. The Labute approximate surface area is 120 Å². The van der Waals surface area contributed by atoms with E-state index in [0.29, 0.717) is 29.3 Å². The highest BCUT2D eigenvalue weighted by atomic mass is 16.5. The first-order chi connectivity index (χ1) is 9.69. The molecule has 3 heteroatoms. The van der Waals surface area contributed by atoms with Crippen LogP contribution in [0, 0.1) is 11.3 Å². The first-order valence-corrected chi connectivity index (χ1v) is 7.70. The summed E-state index contributed by atoms with van der Waals surface area (Å²) in [5.74, 6) is 0.837. The minimum absolute atomic E-state index is 0.419. The van der Waals surface area contributed by atoms with Gasteiger partial charge in [0.25, 0.3) is 5.91 Å². The van der Waals surface area contributed by atoms with Gasteiger partial charge in [0, 0.05) is 0 Å². The van der Waals surface area contributed by atoms with Gasteiger partial charge in [-0.05, 0) is 62.0 Å². The van der Waals surface area contributed by atoms with Crippen LogP contribution in [0.1, 0.15) is 55.3 Å². The van der Waals surface area contributed by atoms with Crippen molar-refractivity contribution in [2.24, 2.45) is 17.1 Å². The van der Waals surface area contributed by atoms with E-state index >= 15 is 0 Å². The molecule has 3 rings (SSSR count). The Morgan fingerprint density at radius 2 is 1.90 bits per heavy atom. The Bertz CT molecular complexity index is 484. The first-order valence-electron chi connectivity index (χ1n) is 7.70. The van der Waals surface area contributed by atoms with Crippen LogP contribution in [-0.2, 0) is 0 Å². The second kappa shape index (κ2) is 5.47. The smallest absolute Gasteiger partial charge is 0.252 e. The molecule has 1 aromatic rings. The zero-order valence-electron chi connectivity index (χ0n) is 11.9. The molecule has 1 spiro atoms. The molecule has 2 saturated carbocycles. The fourth-order valence-electron chi connectivity index (χ4n) is 3.64. The van der Waals surface area contributed by atoms with Gasteiger partial charge in [-0.1, -0.05) is 18.6 Å². The van der Waals surface area contributed by atoms with E-state index in [1.807, 2.05) is 18.2 Å². The summed E-state index contributed by atoms with van der Waals surface area (Å²) in [4.78, 5) is 11.3. The zero-order valence-corrected chi connectivity index (χ0v) is 11.9. The number of rotatable bonds is 4. The van der Waals surface area contributed by atoms with Crippen molar-refractivity contribution >= 4 is 5.91 Å². The first kappa shape index (κ1) is 13.5. The van der Waals surface area contributed by atoms with Crippen molar-refractivity contribution in [1.29, 1.82) is 0 Å². The second-order valence-electron chi connectivity index (χ2n) is 6.47. The predicted molar refractivity (Wildman–Crippen MR) is 78.7 cm³/mol. The fourth-order valence-corrected chi connectivity index (χ4v) is 3.64. The van der Waals surface area contributed by atoms with E-state index in [-0.39, 0.29) is 0 Å². The predicted octanol–water partition coefficient (Wildman–Crippen LogP) is 3.52. The number of carbonyl (C=O) groups is 1. The third-order valence-electron chi connectivity index (χ3n) is 5.21. The summed E-state index contributed by atoms with van der Waals surface area (Å²) in [5, 5.41) is 0. The number of carbonyl (C=O) groups excluding carboxylic acids is 1. The van der Waals surface area contributed by atoms with Crippen LogP contribution in [0.2, 0.25) is 0 Å². The Morgan fingerprint density at radius 1 is 1.20 bits per heavy atom. The number of ether oxygens (including phenoxy) is 1. The third-order valence-corrected chi connectivity index (χ3v) is 5.21. The molecule has 2 aliphatic carbocycles.